The largest absolute Gasteiger partial charge is 0.418 e. The summed E-state index contributed by atoms with van der Waals surface area (Å²) in [4.78, 5) is 22.3. The van der Waals surface area contributed by atoms with Gasteiger partial charge in [-0.1, -0.05) is 32.9 Å². The molecular formula is C15H18N2O4S. The Hall–Kier alpha value is -2.02. The average molecular weight is 322 g/mol. The second-order valence-corrected chi connectivity index (χ2v) is 7.68. The average Bonchev–Trinajstić information content (AvgIpc) is 2.41. The van der Waals surface area contributed by atoms with Gasteiger partial charge in [-0.2, -0.15) is 11.8 Å². The van der Waals surface area contributed by atoms with E-state index in [1.807, 2.05) is 0 Å². The zero-order chi connectivity index (χ0) is 16.3. The van der Waals surface area contributed by atoms with Crippen molar-refractivity contribution in [3.63, 3.8) is 0 Å². The second kappa shape index (κ2) is 6.39. The first-order chi connectivity index (χ1) is 10.3. The van der Waals surface area contributed by atoms with Gasteiger partial charge in [0.15, 0.2) is 0 Å². The molecule has 118 valence electrons. The van der Waals surface area contributed by atoms with Crippen molar-refractivity contribution < 1.29 is 9.34 Å². The van der Waals surface area contributed by atoms with Crippen LogP contribution in [0.2, 0.25) is 0 Å². The number of nitrogens with one attached hydrogen (secondary N) is 1. The Morgan fingerprint density at radius 2 is 2.00 bits per heavy atom. The highest BCUT2D eigenvalue weighted by Gasteiger charge is 2.24. The molecule has 0 aliphatic heterocycles. The van der Waals surface area contributed by atoms with E-state index in [-0.39, 0.29) is 10.4 Å². The van der Waals surface area contributed by atoms with Crippen molar-refractivity contribution in [2.45, 2.75) is 25.5 Å². The molecule has 1 aromatic carbocycles. The maximum atomic E-state index is 11.8. The normalized spacial score (nSPS) is 11.6. The molecule has 0 aliphatic rings. The van der Waals surface area contributed by atoms with Gasteiger partial charge in [-0.3, -0.25) is 10.1 Å². The molecule has 2 rings (SSSR count). The third-order valence-corrected chi connectivity index (χ3v) is 4.18. The summed E-state index contributed by atoms with van der Waals surface area (Å²) >= 11 is 1.74. The Bertz CT molecular complexity index is 749. The van der Waals surface area contributed by atoms with Crippen LogP contribution in [0.15, 0.2) is 33.5 Å². The van der Waals surface area contributed by atoms with Crippen LogP contribution in [0.1, 0.15) is 20.8 Å². The Labute approximate surface area is 132 Å². The molecule has 1 N–H and O–H groups in total. The van der Waals surface area contributed by atoms with E-state index >= 15 is 0 Å². The van der Waals surface area contributed by atoms with Crippen molar-refractivity contribution in [3.8, 4) is 0 Å². The van der Waals surface area contributed by atoms with Gasteiger partial charge in [-0.25, -0.2) is 4.79 Å². The Morgan fingerprint density at radius 3 is 2.64 bits per heavy atom. The summed E-state index contributed by atoms with van der Waals surface area (Å²) in [5.41, 5.74) is -0.912. The quantitative estimate of drug-likeness (QED) is 0.391. The lowest BCUT2D eigenvalue weighted by Gasteiger charge is -2.17. The molecule has 0 aliphatic carbocycles. The van der Waals surface area contributed by atoms with Gasteiger partial charge in [0.1, 0.15) is 11.3 Å². The predicted molar refractivity (Wildman–Crippen MR) is 89.8 cm³/mol. The molecule has 0 amide bonds. The van der Waals surface area contributed by atoms with Crippen molar-refractivity contribution in [3.05, 3.63) is 44.8 Å². The van der Waals surface area contributed by atoms with Crippen LogP contribution in [0.4, 0.5) is 11.4 Å². The number of hydrogen-bond acceptors (Lipinski definition) is 6. The molecule has 1 heterocycles. The fourth-order valence-electron chi connectivity index (χ4n) is 2.02. The molecule has 0 unspecified atom stereocenters. The molecule has 7 heteroatoms. The maximum Gasteiger partial charge on any atom is 0.417 e. The zero-order valence-electron chi connectivity index (χ0n) is 12.7. The third-order valence-electron chi connectivity index (χ3n) is 2.91. The van der Waals surface area contributed by atoms with Gasteiger partial charge in [0.05, 0.1) is 4.92 Å². The van der Waals surface area contributed by atoms with Gasteiger partial charge < -0.3 is 9.73 Å². The van der Waals surface area contributed by atoms with Crippen LogP contribution in [0.3, 0.4) is 0 Å². The van der Waals surface area contributed by atoms with Gasteiger partial charge >= 0.3 is 11.3 Å². The van der Waals surface area contributed by atoms with Crippen LogP contribution in [-0.2, 0) is 0 Å². The van der Waals surface area contributed by atoms with E-state index in [0.717, 1.165) is 5.75 Å². The van der Waals surface area contributed by atoms with Gasteiger partial charge in [0.25, 0.3) is 0 Å². The molecule has 0 saturated carbocycles. The number of nitrogens with zero attached hydrogens (tertiary/aromatic N) is 1. The van der Waals surface area contributed by atoms with Gasteiger partial charge in [-0.15, -0.1) is 0 Å². The number of para-hydroxylation sites is 1. The summed E-state index contributed by atoms with van der Waals surface area (Å²) in [6.07, 6.45) is 0. The van der Waals surface area contributed by atoms with Crippen molar-refractivity contribution in [2.75, 3.05) is 17.6 Å². The number of thioether (sulfide) groups is 1. The minimum Gasteiger partial charge on any atom is -0.418 e. The summed E-state index contributed by atoms with van der Waals surface area (Å²) in [7, 11) is 0. The number of benzene rings is 1. The predicted octanol–water partition coefficient (Wildman–Crippen LogP) is 3.64. The summed E-state index contributed by atoms with van der Waals surface area (Å²) in [6, 6.07) is 6.79. The van der Waals surface area contributed by atoms with E-state index in [1.165, 1.54) is 0 Å². The van der Waals surface area contributed by atoms with Crippen molar-refractivity contribution in [2.24, 2.45) is 0 Å². The summed E-state index contributed by atoms with van der Waals surface area (Å²) in [6.45, 7) is 6.84. The highest BCUT2D eigenvalue weighted by Crippen LogP contribution is 2.30. The summed E-state index contributed by atoms with van der Waals surface area (Å²) in [5, 5.41) is 14.7. The number of anilines is 1. The molecule has 1 aromatic heterocycles. The van der Waals surface area contributed by atoms with Crippen LogP contribution in [0.25, 0.3) is 11.0 Å². The smallest absolute Gasteiger partial charge is 0.417 e. The first-order valence-corrected chi connectivity index (χ1v) is 7.86. The Morgan fingerprint density at radius 1 is 1.32 bits per heavy atom. The highest BCUT2D eigenvalue weighted by atomic mass is 32.2. The lowest BCUT2D eigenvalue weighted by Crippen LogP contribution is -2.16. The molecule has 0 fully saturated rings. The molecule has 0 atom stereocenters. The lowest BCUT2D eigenvalue weighted by atomic mass is 10.2. The monoisotopic (exact) mass is 322 g/mol. The van der Waals surface area contributed by atoms with Crippen molar-refractivity contribution in [1.82, 2.24) is 0 Å². The van der Waals surface area contributed by atoms with Gasteiger partial charge in [0.2, 0.25) is 0 Å². The molecule has 0 saturated heterocycles. The maximum absolute atomic E-state index is 11.8. The van der Waals surface area contributed by atoms with E-state index in [4.69, 9.17) is 4.42 Å². The standard InChI is InChI=1S/C15H18N2O4S/c1-15(2,3)22-9-8-16-12-10-6-4-5-7-11(10)21-14(18)13(12)17(19)20/h4-7,16H,8-9H2,1-3H3. The lowest BCUT2D eigenvalue weighted by molar-refractivity contribution is -0.386. The molecule has 0 bridgehead atoms. The van der Waals surface area contributed by atoms with Crippen molar-refractivity contribution in [1.29, 1.82) is 0 Å². The topological polar surface area (TPSA) is 85.4 Å². The van der Waals surface area contributed by atoms with Gasteiger partial charge in [-0.05, 0) is 12.1 Å². The first-order valence-electron chi connectivity index (χ1n) is 6.87. The van der Waals surface area contributed by atoms with E-state index in [2.05, 4.69) is 26.1 Å². The third kappa shape index (κ3) is 3.79. The van der Waals surface area contributed by atoms with Crippen molar-refractivity contribution >= 4 is 34.1 Å². The summed E-state index contributed by atoms with van der Waals surface area (Å²) in [5.74, 6) is 0.773. The summed E-state index contributed by atoms with van der Waals surface area (Å²) < 4.78 is 5.13. The molecule has 0 spiro atoms. The number of rotatable bonds is 5. The SMILES string of the molecule is CC(C)(C)SCCNc1c([N+](=O)[O-])c(=O)oc2ccccc12. The minimum atomic E-state index is -0.935. The molecule has 6 nitrogen and oxygen atoms in total. The molecule has 0 radical (unpaired) electrons. The highest BCUT2D eigenvalue weighted by molar-refractivity contribution is 8.00. The number of fused-ring (bicyclic) bond motifs is 1. The number of nitro groups is 1. The van der Waals surface area contributed by atoms with E-state index < -0.39 is 16.2 Å². The van der Waals surface area contributed by atoms with Crippen LogP contribution < -0.4 is 10.9 Å². The fourth-order valence-corrected chi connectivity index (χ4v) is 2.83. The molecular weight excluding hydrogens is 304 g/mol. The van der Waals surface area contributed by atoms with Crippen LogP contribution in [0, 0.1) is 10.1 Å². The second-order valence-electron chi connectivity index (χ2n) is 5.75. The van der Waals surface area contributed by atoms with E-state index in [1.54, 1.807) is 36.0 Å². The first kappa shape index (κ1) is 16.4. The van der Waals surface area contributed by atoms with Crippen LogP contribution >= 0.6 is 11.8 Å². The zero-order valence-corrected chi connectivity index (χ0v) is 13.5. The van der Waals surface area contributed by atoms with Crippen LogP contribution in [0.5, 0.6) is 0 Å². The van der Waals surface area contributed by atoms with Gasteiger partial charge in [0, 0.05) is 22.4 Å². The number of hydrogen-bond donors (Lipinski definition) is 1. The van der Waals surface area contributed by atoms with Crippen LogP contribution in [-0.4, -0.2) is 22.0 Å². The minimum absolute atomic E-state index is 0.116. The van der Waals surface area contributed by atoms with E-state index in [0.29, 0.717) is 17.5 Å². The Kier molecular flexibility index (Phi) is 4.75. The molecule has 2 aromatic rings. The molecule has 22 heavy (non-hydrogen) atoms. The Balaban J connectivity index is 2.35. The fraction of sp³-hybridized carbons (Fsp3) is 0.400. The van der Waals surface area contributed by atoms with E-state index in [9.17, 15) is 14.9 Å².